The smallest absolute Gasteiger partial charge is 0.337 e. The number of carbonyl (C=O) groups excluding carboxylic acids is 1. The Hall–Kier alpha value is -3.03. The van der Waals surface area contributed by atoms with E-state index in [1.54, 1.807) is 12.1 Å². The lowest BCUT2D eigenvalue weighted by molar-refractivity contribution is 0.0695. The highest BCUT2D eigenvalue weighted by Gasteiger charge is 2.18. The first-order valence-corrected chi connectivity index (χ1v) is 9.46. The molecule has 0 saturated carbocycles. The average Bonchev–Trinajstić information content (AvgIpc) is 3.10. The van der Waals surface area contributed by atoms with E-state index >= 15 is 0 Å². The number of carbonyl (C=O) groups is 2. The second kappa shape index (κ2) is 10.3. The van der Waals surface area contributed by atoms with Gasteiger partial charge in [0.05, 0.1) is 16.8 Å². The number of ether oxygens (including phenoxy) is 2. The number of carboxylic acid groups (broad SMARTS) is 1. The van der Waals surface area contributed by atoms with Crippen LogP contribution in [-0.4, -0.2) is 35.4 Å². The first kappa shape index (κ1) is 21.3. The Kier molecular flexibility index (Phi) is 7.86. The van der Waals surface area contributed by atoms with Crippen LogP contribution < -0.4 is 20.5 Å². The number of hydrogen-bond acceptors (Lipinski definition) is 5. The molecule has 8 nitrogen and oxygen atoms in total. The van der Waals surface area contributed by atoms with Crippen molar-refractivity contribution < 1.29 is 24.2 Å². The zero-order valence-corrected chi connectivity index (χ0v) is 16.3. The van der Waals surface area contributed by atoms with Gasteiger partial charge in [0.1, 0.15) is 0 Å². The molecule has 152 valence electrons. The zero-order chi connectivity index (χ0) is 20.5. The molecule has 1 aromatic heterocycles. The van der Waals surface area contributed by atoms with Crippen LogP contribution in [0.3, 0.4) is 0 Å². The molecule has 1 aromatic carbocycles. The van der Waals surface area contributed by atoms with Crippen molar-refractivity contribution in [2.45, 2.75) is 46.0 Å². The third-order valence-corrected chi connectivity index (χ3v) is 4.24. The Morgan fingerprint density at radius 2 is 1.86 bits per heavy atom. The lowest BCUT2D eigenvalue weighted by Crippen LogP contribution is -2.28. The summed E-state index contributed by atoms with van der Waals surface area (Å²) in [5.41, 5.74) is 6.33. The van der Waals surface area contributed by atoms with Gasteiger partial charge in [-0.1, -0.05) is 26.2 Å². The number of fused-ring (bicyclic) bond motifs is 2. The first-order chi connectivity index (χ1) is 13.5. The number of aromatic nitrogens is 1. The van der Waals surface area contributed by atoms with Crippen LogP contribution in [0.4, 0.5) is 4.79 Å². The van der Waals surface area contributed by atoms with Crippen molar-refractivity contribution >= 4 is 22.9 Å². The van der Waals surface area contributed by atoms with Crippen LogP contribution in [0.15, 0.2) is 18.2 Å². The summed E-state index contributed by atoms with van der Waals surface area (Å²) in [6.07, 6.45) is 5.05. The molecule has 0 unspecified atom stereocenters. The van der Waals surface area contributed by atoms with Crippen molar-refractivity contribution in [3.05, 3.63) is 29.5 Å². The molecule has 8 heteroatoms. The Morgan fingerprint density at radius 3 is 2.43 bits per heavy atom. The number of nitrogens with two attached hydrogens (primary N) is 1. The second-order valence-electron chi connectivity index (χ2n) is 6.39. The van der Waals surface area contributed by atoms with Crippen molar-refractivity contribution in [3.63, 3.8) is 0 Å². The molecule has 0 atom stereocenters. The molecular weight excluding hydrogens is 362 g/mol. The number of pyridine rings is 1. The van der Waals surface area contributed by atoms with Gasteiger partial charge in [-0.2, -0.15) is 0 Å². The number of nitrogens with zero attached hydrogens (tertiary/aromatic N) is 1. The Balaban J connectivity index is 0.000000409. The molecule has 0 spiro atoms. The summed E-state index contributed by atoms with van der Waals surface area (Å²) >= 11 is 0. The van der Waals surface area contributed by atoms with E-state index in [9.17, 15) is 14.7 Å². The Bertz CT molecular complexity index is 838. The van der Waals surface area contributed by atoms with Crippen LogP contribution in [0.25, 0.3) is 10.9 Å². The third kappa shape index (κ3) is 5.73. The molecule has 28 heavy (non-hydrogen) atoms. The predicted molar refractivity (Wildman–Crippen MR) is 106 cm³/mol. The monoisotopic (exact) mass is 389 g/mol. The zero-order valence-electron chi connectivity index (χ0n) is 16.3. The molecule has 0 saturated heterocycles. The molecule has 4 N–H and O–H groups in total. The van der Waals surface area contributed by atoms with Gasteiger partial charge in [0.2, 0.25) is 6.79 Å². The summed E-state index contributed by atoms with van der Waals surface area (Å²) in [5.74, 6) is 0.374. The highest BCUT2D eigenvalue weighted by molar-refractivity contribution is 5.95. The largest absolute Gasteiger partial charge is 0.478 e. The van der Waals surface area contributed by atoms with Crippen LogP contribution >= 0.6 is 0 Å². The van der Waals surface area contributed by atoms with E-state index in [1.165, 1.54) is 0 Å². The summed E-state index contributed by atoms with van der Waals surface area (Å²) < 4.78 is 10.7. The molecule has 0 aliphatic carbocycles. The SMILES string of the molecule is CCCCCCc1nc2cc3c(cc2cc1C(=O)O)OCO3.CCNC(N)=O. The summed E-state index contributed by atoms with van der Waals surface area (Å²) in [6.45, 7) is 4.76. The second-order valence-corrected chi connectivity index (χ2v) is 6.39. The maximum atomic E-state index is 11.5. The quantitative estimate of drug-likeness (QED) is 0.623. The number of benzene rings is 1. The fourth-order valence-electron chi connectivity index (χ4n) is 2.87. The van der Waals surface area contributed by atoms with E-state index in [0.29, 0.717) is 30.2 Å². The molecule has 3 rings (SSSR count). The topological polar surface area (TPSA) is 124 Å². The minimum atomic E-state index is -0.933. The van der Waals surface area contributed by atoms with Crippen LogP contribution in [0.2, 0.25) is 0 Å². The number of rotatable bonds is 7. The van der Waals surface area contributed by atoms with Gasteiger partial charge < -0.3 is 25.6 Å². The average molecular weight is 389 g/mol. The number of aryl methyl sites for hydroxylation is 1. The van der Waals surface area contributed by atoms with Gasteiger partial charge in [0.25, 0.3) is 0 Å². The minimum absolute atomic E-state index is 0.196. The molecule has 2 heterocycles. The van der Waals surface area contributed by atoms with Crippen molar-refractivity contribution in [3.8, 4) is 11.5 Å². The molecular formula is C20H27N3O5. The molecule has 1 aliphatic rings. The van der Waals surface area contributed by atoms with Gasteiger partial charge in [-0.15, -0.1) is 0 Å². The Labute approximate surface area is 164 Å². The summed E-state index contributed by atoms with van der Waals surface area (Å²) in [4.78, 5) is 25.8. The molecule has 0 bridgehead atoms. The standard InChI is InChI=1S/C17H19NO4.C3H8N2O/c1-2-3-4-5-6-13-12(17(19)20)7-11-8-15-16(22-10-21-15)9-14(11)18-13;1-2-5-3(4)6/h7-9H,2-6,10H2,1H3,(H,19,20);2H2,1H3,(H3,4,5,6). The normalized spacial score (nSPS) is 11.6. The third-order valence-electron chi connectivity index (χ3n) is 4.24. The van der Waals surface area contributed by atoms with Gasteiger partial charge in [0, 0.05) is 18.0 Å². The van der Waals surface area contributed by atoms with Crippen molar-refractivity contribution in [2.24, 2.45) is 5.73 Å². The number of unbranched alkanes of at least 4 members (excludes halogenated alkanes) is 3. The number of nitrogens with one attached hydrogen (secondary N) is 1. The van der Waals surface area contributed by atoms with E-state index in [4.69, 9.17) is 9.47 Å². The van der Waals surface area contributed by atoms with Gasteiger partial charge in [0.15, 0.2) is 11.5 Å². The molecule has 0 fully saturated rings. The highest BCUT2D eigenvalue weighted by Crippen LogP contribution is 2.36. The predicted octanol–water partition coefficient (Wildman–Crippen LogP) is 3.46. The van der Waals surface area contributed by atoms with Gasteiger partial charge in [-0.3, -0.25) is 4.98 Å². The van der Waals surface area contributed by atoms with Crippen LogP contribution in [0, 0.1) is 0 Å². The Morgan fingerprint density at radius 1 is 1.14 bits per heavy atom. The van der Waals surface area contributed by atoms with Crippen LogP contribution in [0.5, 0.6) is 11.5 Å². The summed E-state index contributed by atoms with van der Waals surface area (Å²) in [6, 6.07) is 4.83. The maximum Gasteiger partial charge on any atom is 0.337 e. The summed E-state index contributed by atoms with van der Waals surface area (Å²) in [5, 5.41) is 12.5. The molecule has 2 amide bonds. The molecule has 0 radical (unpaired) electrons. The van der Waals surface area contributed by atoms with Gasteiger partial charge >= 0.3 is 12.0 Å². The van der Waals surface area contributed by atoms with E-state index in [2.05, 4.69) is 23.0 Å². The number of carboxylic acids is 1. The van der Waals surface area contributed by atoms with Crippen molar-refractivity contribution in [1.82, 2.24) is 10.3 Å². The fraction of sp³-hybridized carbons (Fsp3) is 0.450. The molecule has 1 aliphatic heterocycles. The number of urea groups is 1. The lowest BCUT2D eigenvalue weighted by atomic mass is 10.0. The summed E-state index contributed by atoms with van der Waals surface area (Å²) in [7, 11) is 0. The van der Waals surface area contributed by atoms with Crippen molar-refractivity contribution in [1.29, 1.82) is 0 Å². The number of hydrogen-bond donors (Lipinski definition) is 3. The highest BCUT2D eigenvalue weighted by atomic mass is 16.7. The van der Waals surface area contributed by atoms with Gasteiger partial charge in [-0.25, -0.2) is 9.59 Å². The number of amides is 2. The molecule has 2 aromatic rings. The number of aromatic carboxylic acids is 1. The minimum Gasteiger partial charge on any atom is -0.478 e. The van der Waals surface area contributed by atoms with E-state index in [-0.39, 0.29) is 12.4 Å². The van der Waals surface area contributed by atoms with E-state index in [1.807, 2.05) is 13.0 Å². The maximum absolute atomic E-state index is 11.5. The lowest BCUT2D eigenvalue weighted by Gasteiger charge is -2.08. The van der Waals surface area contributed by atoms with E-state index < -0.39 is 12.0 Å². The fourth-order valence-corrected chi connectivity index (χ4v) is 2.87. The van der Waals surface area contributed by atoms with E-state index in [0.717, 1.165) is 36.6 Å². The number of primary amides is 1. The van der Waals surface area contributed by atoms with Crippen LogP contribution in [0.1, 0.15) is 55.6 Å². The first-order valence-electron chi connectivity index (χ1n) is 9.46. The van der Waals surface area contributed by atoms with Crippen molar-refractivity contribution in [2.75, 3.05) is 13.3 Å². The van der Waals surface area contributed by atoms with Crippen LogP contribution in [-0.2, 0) is 6.42 Å². The van der Waals surface area contributed by atoms with Gasteiger partial charge in [-0.05, 0) is 31.9 Å².